The van der Waals surface area contributed by atoms with Gasteiger partial charge in [-0.05, 0) is 34.4 Å². The van der Waals surface area contributed by atoms with E-state index in [4.69, 9.17) is 10.5 Å². The third-order valence-corrected chi connectivity index (χ3v) is 4.42. The Morgan fingerprint density at radius 1 is 1.17 bits per heavy atom. The van der Waals surface area contributed by atoms with E-state index in [0.717, 1.165) is 16.9 Å². The lowest BCUT2D eigenvalue weighted by Crippen LogP contribution is -2.23. The number of nitrogens with two attached hydrogens (primary N) is 1. The highest BCUT2D eigenvalue weighted by atomic mass is 16.5. The summed E-state index contributed by atoms with van der Waals surface area (Å²) in [6, 6.07) is 13.9. The average Bonchev–Trinajstić information content (AvgIpc) is 3.03. The van der Waals surface area contributed by atoms with Gasteiger partial charge in [-0.25, -0.2) is 0 Å². The number of ether oxygens (including phenoxy) is 1. The maximum absolute atomic E-state index is 11.9. The molecule has 120 valence electrons. The molecule has 0 spiro atoms. The van der Waals surface area contributed by atoms with Crippen LogP contribution in [0.3, 0.4) is 0 Å². The first kappa shape index (κ1) is 15.6. The van der Waals surface area contributed by atoms with Crippen LogP contribution in [-0.2, 0) is 17.9 Å². The first-order valence-electron chi connectivity index (χ1n) is 7.91. The van der Waals surface area contributed by atoms with Crippen molar-refractivity contribution in [2.24, 2.45) is 5.73 Å². The van der Waals surface area contributed by atoms with E-state index in [1.54, 1.807) is 7.11 Å². The third-order valence-electron chi connectivity index (χ3n) is 4.42. The van der Waals surface area contributed by atoms with E-state index < -0.39 is 0 Å². The first-order chi connectivity index (χ1) is 11.1. The molecule has 0 aliphatic carbocycles. The molecule has 1 aliphatic rings. The molecule has 0 radical (unpaired) electrons. The van der Waals surface area contributed by atoms with Gasteiger partial charge in [-0.1, -0.05) is 37.3 Å². The Morgan fingerprint density at radius 3 is 2.65 bits per heavy atom. The molecule has 1 heterocycles. The summed E-state index contributed by atoms with van der Waals surface area (Å²) >= 11 is 0. The number of fused-ring (bicyclic) bond motifs is 1. The monoisotopic (exact) mass is 310 g/mol. The van der Waals surface area contributed by atoms with E-state index >= 15 is 0 Å². The fourth-order valence-corrected chi connectivity index (χ4v) is 3.04. The summed E-state index contributed by atoms with van der Waals surface area (Å²) in [5, 5.41) is 0. The summed E-state index contributed by atoms with van der Waals surface area (Å²) in [4.78, 5) is 13.8. The van der Waals surface area contributed by atoms with Crippen LogP contribution in [0.4, 0.5) is 0 Å². The van der Waals surface area contributed by atoms with Crippen molar-refractivity contribution in [3.05, 3.63) is 64.7 Å². The Balaban J connectivity index is 1.84. The van der Waals surface area contributed by atoms with Crippen LogP contribution >= 0.6 is 0 Å². The minimum Gasteiger partial charge on any atom is -0.497 e. The average molecular weight is 310 g/mol. The molecular formula is C19H22N2O2. The summed E-state index contributed by atoms with van der Waals surface area (Å²) in [5.74, 6) is 0.999. The zero-order valence-electron chi connectivity index (χ0n) is 13.6. The summed E-state index contributed by atoms with van der Waals surface area (Å²) < 4.78 is 5.27. The standard InChI is InChI=1S/C19H22N2O2/c1-3-18(22)21-11-15-8-7-14(9-16(15)12-21)19(20)13-5-4-6-17(10-13)23-2/h4-10,19H,3,11-12,20H2,1-2H3. The topological polar surface area (TPSA) is 55.6 Å². The van der Waals surface area contributed by atoms with Crippen LogP contribution in [0, 0.1) is 0 Å². The molecular weight excluding hydrogens is 288 g/mol. The fraction of sp³-hybridized carbons (Fsp3) is 0.316. The highest BCUT2D eigenvalue weighted by Crippen LogP contribution is 2.29. The maximum atomic E-state index is 11.9. The van der Waals surface area contributed by atoms with Crippen LogP contribution in [-0.4, -0.2) is 17.9 Å². The number of benzene rings is 2. The van der Waals surface area contributed by atoms with Crippen molar-refractivity contribution in [3.63, 3.8) is 0 Å². The van der Waals surface area contributed by atoms with Crippen molar-refractivity contribution >= 4 is 5.91 Å². The summed E-state index contributed by atoms with van der Waals surface area (Å²) in [6.45, 7) is 3.28. The second-order valence-electron chi connectivity index (χ2n) is 5.89. The molecule has 0 bridgehead atoms. The lowest BCUT2D eigenvalue weighted by molar-refractivity contribution is -0.131. The molecule has 0 aromatic heterocycles. The molecule has 3 rings (SSSR count). The van der Waals surface area contributed by atoms with E-state index in [2.05, 4.69) is 18.2 Å². The Bertz CT molecular complexity index is 727. The second kappa shape index (κ2) is 6.42. The summed E-state index contributed by atoms with van der Waals surface area (Å²) in [7, 11) is 1.65. The number of nitrogens with zero attached hydrogens (tertiary/aromatic N) is 1. The number of carbonyl (C=O) groups is 1. The quantitative estimate of drug-likeness (QED) is 0.944. The molecule has 2 N–H and O–H groups in total. The molecule has 1 atom stereocenters. The molecule has 2 aromatic carbocycles. The number of hydrogen-bond donors (Lipinski definition) is 1. The highest BCUT2D eigenvalue weighted by molar-refractivity contribution is 5.76. The number of rotatable bonds is 4. The Labute approximate surface area is 136 Å². The van der Waals surface area contributed by atoms with Gasteiger partial charge in [-0.3, -0.25) is 4.79 Å². The van der Waals surface area contributed by atoms with Gasteiger partial charge in [-0.2, -0.15) is 0 Å². The molecule has 4 nitrogen and oxygen atoms in total. The van der Waals surface area contributed by atoms with Crippen molar-refractivity contribution in [2.75, 3.05) is 7.11 Å². The van der Waals surface area contributed by atoms with Crippen molar-refractivity contribution in [2.45, 2.75) is 32.5 Å². The zero-order chi connectivity index (χ0) is 16.4. The molecule has 4 heteroatoms. The van der Waals surface area contributed by atoms with E-state index in [0.29, 0.717) is 19.5 Å². The summed E-state index contributed by atoms with van der Waals surface area (Å²) in [5.41, 5.74) is 10.9. The van der Waals surface area contributed by atoms with E-state index in [9.17, 15) is 4.79 Å². The van der Waals surface area contributed by atoms with Crippen LogP contribution in [0.1, 0.15) is 41.6 Å². The number of carbonyl (C=O) groups excluding carboxylic acids is 1. The summed E-state index contributed by atoms with van der Waals surface area (Å²) in [6.07, 6.45) is 0.546. The van der Waals surface area contributed by atoms with Crippen molar-refractivity contribution in [1.82, 2.24) is 4.90 Å². The van der Waals surface area contributed by atoms with Gasteiger partial charge in [-0.15, -0.1) is 0 Å². The molecule has 0 fully saturated rings. The predicted molar refractivity (Wildman–Crippen MR) is 90.0 cm³/mol. The van der Waals surface area contributed by atoms with E-state index in [-0.39, 0.29) is 11.9 Å². The molecule has 1 unspecified atom stereocenters. The van der Waals surface area contributed by atoms with Gasteiger partial charge < -0.3 is 15.4 Å². The van der Waals surface area contributed by atoms with Gasteiger partial charge in [0, 0.05) is 19.5 Å². The Hall–Kier alpha value is -2.33. The molecule has 0 saturated heterocycles. The number of amides is 1. The lowest BCUT2D eigenvalue weighted by atomic mass is 9.96. The van der Waals surface area contributed by atoms with Crippen LogP contribution in [0.25, 0.3) is 0 Å². The first-order valence-corrected chi connectivity index (χ1v) is 7.91. The van der Waals surface area contributed by atoms with Gasteiger partial charge in [0.2, 0.25) is 5.91 Å². The zero-order valence-corrected chi connectivity index (χ0v) is 13.6. The van der Waals surface area contributed by atoms with Crippen LogP contribution in [0.5, 0.6) is 5.75 Å². The SMILES string of the molecule is CCC(=O)N1Cc2ccc(C(N)c3cccc(OC)c3)cc2C1. The van der Waals surface area contributed by atoms with Gasteiger partial charge in [0.25, 0.3) is 0 Å². The minimum atomic E-state index is -0.202. The highest BCUT2D eigenvalue weighted by Gasteiger charge is 2.23. The van der Waals surface area contributed by atoms with Crippen LogP contribution in [0.2, 0.25) is 0 Å². The number of methoxy groups -OCH3 is 1. The van der Waals surface area contributed by atoms with Gasteiger partial charge in [0.05, 0.1) is 13.2 Å². The largest absolute Gasteiger partial charge is 0.497 e. The Morgan fingerprint density at radius 2 is 1.91 bits per heavy atom. The molecule has 1 aliphatic heterocycles. The third kappa shape index (κ3) is 3.08. The Kier molecular flexibility index (Phi) is 4.35. The van der Waals surface area contributed by atoms with Gasteiger partial charge >= 0.3 is 0 Å². The maximum Gasteiger partial charge on any atom is 0.222 e. The molecule has 1 amide bonds. The molecule has 0 saturated carbocycles. The van der Waals surface area contributed by atoms with Gasteiger partial charge in [0.1, 0.15) is 5.75 Å². The normalized spacial score (nSPS) is 14.5. The fourth-order valence-electron chi connectivity index (χ4n) is 3.04. The van der Waals surface area contributed by atoms with Crippen LogP contribution in [0.15, 0.2) is 42.5 Å². The van der Waals surface area contributed by atoms with Crippen molar-refractivity contribution < 1.29 is 9.53 Å². The van der Waals surface area contributed by atoms with Gasteiger partial charge in [0.15, 0.2) is 0 Å². The molecule has 23 heavy (non-hydrogen) atoms. The smallest absolute Gasteiger partial charge is 0.222 e. The number of hydrogen-bond acceptors (Lipinski definition) is 3. The molecule has 2 aromatic rings. The second-order valence-corrected chi connectivity index (χ2v) is 5.89. The van der Waals surface area contributed by atoms with E-state index in [1.165, 1.54) is 11.1 Å². The van der Waals surface area contributed by atoms with E-state index in [1.807, 2.05) is 36.1 Å². The van der Waals surface area contributed by atoms with Crippen molar-refractivity contribution in [1.29, 1.82) is 0 Å². The predicted octanol–water partition coefficient (Wildman–Crippen LogP) is 3.00. The lowest BCUT2D eigenvalue weighted by Gasteiger charge is -2.15. The van der Waals surface area contributed by atoms with Crippen LogP contribution < -0.4 is 10.5 Å². The van der Waals surface area contributed by atoms with Crippen molar-refractivity contribution in [3.8, 4) is 5.75 Å². The minimum absolute atomic E-state index is 0.194.